The van der Waals surface area contributed by atoms with Crippen LogP contribution in [0.3, 0.4) is 0 Å². The lowest BCUT2D eigenvalue weighted by Crippen LogP contribution is -2.42. The van der Waals surface area contributed by atoms with Gasteiger partial charge in [-0.25, -0.2) is 4.98 Å². The van der Waals surface area contributed by atoms with Crippen molar-refractivity contribution >= 4 is 5.91 Å². The smallest absolute Gasteiger partial charge is 0.319 e. The van der Waals surface area contributed by atoms with Gasteiger partial charge in [-0.2, -0.15) is 4.98 Å². The van der Waals surface area contributed by atoms with Crippen LogP contribution in [0.5, 0.6) is 29.1 Å². The molecule has 0 radical (unpaired) electrons. The molecule has 2 aromatic rings. The molecule has 0 spiro atoms. The lowest BCUT2D eigenvalue weighted by Gasteiger charge is -2.32. The lowest BCUT2D eigenvalue weighted by atomic mass is 10.1. The molecule has 0 atom stereocenters. The minimum absolute atomic E-state index is 0.0362. The van der Waals surface area contributed by atoms with Crippen molar-refractivity contribution in [2.45, 2.75) is 18.9 Å². The van der Waals surface area contributed by atoms with E-state index in [0.717, 1.165) is 0 Å². The van der Waals surface area contributed by atoms with Crippen LogP contribution in [0, 0.1) is 0 Å². The van der Waals surface area contributed by atoms with Gasteiger partial charge in [0.1, 0.15) is 6.10 Å². The summed E-state index contributed by atoms with van der Waals surface area (Å²) in [7, 11) is 6.06. The predicted molar refractivity (Wildman–Crippen MR) is 104 cm³/mol. The van der Waals surface area contributed by atoms with Gasteiger partial charge in [0.15, 0.2) is 11.5 Å². The minimum atomic E-state index is -0.120. The van der Waals surface area contributed by atoms with Gasteiger partial charge in [-0.1, -0.05) is 0 Å². The molecule has 1 amide bonds. The fourth-order valence-corrected chi connectivity index (χ4v) is 3.28. The van der Waals surface area contributed by atoms with Crippen LogP contribution < -0.4 is 23.7 Å². The summed E-state index contributed by atoms with van der Waals surface area (Å²) in [6, 6.07) is 5.34. The van der Waals surface area contributed by atoms with Gasteiger partial charge in [0.2, 0.25) is 11.6 Å². The van der Waals surface area contributed by atoms with Crippen molar-refractivity contribution in [3.8, 4) is 29.1 Å². The number of aromatic nitrogens is 2. The van der Waals surface area contributed by atoms with Gasteiger partial charge in [-0.05, 0) is 12.1 Å². The Balaban J connectivity index is 1.67. The Bertz CT molecular complexity index is 852. The third-order valence-electron chi connectivity index (χ3n) is 4.74. The molecule has 0 unspecified atom stereocenters. The number of benzene rings is 1. The van der Waals surface area contributed by atoms with Gasteiger partial charge in [0.25, 0.3) is 5.91 Å². The van der Waals surface area contributed by atoms with Crippen molar-refractivity contribution in [1.29, 1.82) is 0 Å². The number of rotatable bonds is 7. The molecule has 0 saturated carbocycles. The van der Waals surface area contributed by atoms with Crippen LogP contribution >= 0.6 is 0 Å². The van der Waals surface area contributed by atoms with Crippen LogP contribution in [0.2, 0.25) is 0 Å². The summed E-state index contributed by atoms with van der Waals surface area (Å²) in [4.78, 5) is 23.0. The molecule has 1 aromatic heterocycles. The van der Waals surface area contributed by atoms with E-state index in [1.807, 2.05) is 0 Å². The number of methoxy groups -OCH3 is 4. The summed E-state index contributed by atoms with van der Waals surface area (Å²) in [5.74, 6) is 1.61. The molecule has 0 N–H and O–H groups in total. The highest BCUT2D eigenvalue weighted by atomic mass is 16.5. The molecular weight excluding hydrogens is 378 g/mol. The van der Waals surface area contributed by atoms with Crippen LogP contribution in [0.4, 0.5) is 0 Å². The number of hydrogen-bond donors (Lipinski definition) is 0. The Morgan fingerprint density at radius 2 is 1.69 bits per heavy atom. The van der Waals surface area contributed by atoms with E-state index in [9.17, 15) is 4.79 Å². The highest BCUT2D eigenvalue weighted by Crippen LogP contribution is 2.40. The average Bonchev–Trinajstić information content (AvgIpc) is 2.78. The number of hydrogen-bond acceptors (Lipinski definition) is 8. The van der Waals surface area contributed by atoms with Crippen LogP contribution in [0.1, 0.15) is 23.2 Å². The molecule has 1 saturated heterocycles. The van der Waals surface area contributed by atoms with Crippen LogP contribution in [-0.4, -0.2) is 68.4 Å². The third kappa shape index (κ3) is 4.44. The zero-order valence-corrected chi connectivity index (χ0v) is 17.0. The van der Waals surface area contributed by atoms with E-state index in [-0.39, 0.29) is 18.0 Å². The molecule has 1 aliphatic heterocycles. The first kappa shape index (κ1) is 20.5. The maximum atomic E-state index is 13.1. The number of piperidine rings is 1. The Hall–Kier alpha value is -3.23. The summed E-state index contributed by atoms with van der Waals surface area (Å²) >= 11 is 0. The van der Waals surface area contributed by atoms with Crippen molar-refractivity contribution in [2.24, 2.45) is 0 Å². The average molecular weight is 403 g/mol. The molecule has 1 fully saturated rings. The van der Waals surface area contributed by atoms with E-state index in [0.29, 0.717) is 54.6 Å². The van der Waals surface area contributed by atoms with E-state index in [2.05, 4.69) is 9.97 Å². The minimum Gasteiger partial charge on any atom is -0.493 e. The summed E-state index contributed by atoms with van der Waals surface area (Å²) in [6.07, 6.45) is 2.93. The second-order valence-corrected chi connectivity index (χ2v) is 6.37. The lowest BCUT2D eigenvalue weighted by molar-refractivity contribution is 0.0583. The summed E-state index contributed by atoms with van der Waals surface area (Å²) < 4.78 is 27.0. The fraction of sp³-hybridized carbons (Fsp3) is 0.450. The zero-order chi connectivity index (χ0) is 20.8. The first-order valence-electron chi connectivity index (χ1n) is 9.23. The monoisotopic (exact) mass is 403 g/mol. The number of carbonyl (C=O) groups excluding carboxylic acids is 1. The van der Waals surface area contributed by atoms with Crippen molar-refractivity contribution in [1.82, 2.24) is 14.9 Å². The SMILES string of the molecule is COc1nccc(OC2CCN(C(=O)c3ccc(OC)c(OC)c3OC)CC2)n1. The van der Waals surface area contributed by atoms with E-state index < -0.39 is 0 Å². The highest BCUT2D eigenvalue weighted by molar-refractivity contribution is 5.98. The molecule has 3 rings (SSSR count). The maximum Gasteiger partial charge on any atom is 0.319 e. The molecule has 9 nitrogen and oxygen atoms in total. The van der Waals surface area contributed by atoms with Crippen LogP contribution in [0.25, 0.3) is 0 Å². The van der Waals surface area contributed by atoms with Crippen molar-refractivity contribution in [3.63, 3.8) is 0 Å². The summed E-state index contributed by atoms with van der Waals surface area (Å²) in [5.41, 5.74) is 0.435. The molecule has 0 aliphatic carbocycles. The van der Waals surface area contributed by atoms with E-state index in [4.69, 9.17) is 23.7 Å². The molecule has 9 heteroatoms. The first-order valence-corrected chi connectivity index (χ1v) is 9.23. The van der Waals surface area contributed by atoms with E-state index in [1.54, 1.807) is 29.3 Å². The van der Waals surface area contributed by atoms with Gasteiger partial charge >= 0.3 is 6.01 Å². The quantitative estimate of drug-likeness (QED) is 0.695. The standard InChI is InChI=1S/C20H25N3O6/c1-25-15-6-5-14(17(26-2)18(15)27-3)19(24)23-11-8-13(9-12-23)29-16-7-10-21-20(22-16)28-4/h5-7,10,13H,8-9,11-12H2,1-4H3. The van der Waals surface area contributed by atoms with Gasteiger partial charge in [-0.15, -0.1) is 0 Å². The molecule has 0 bridgehead atoms. The Morgan fingerprint density at radius 3 is 2.31 bits per heavy atom. The second-order valence-electron chi connectivity index (χ2n) is 6.37. The van der Waals surface area contributed by atoms with Gasteiger partial charge in [-0.3, -0.25) is 4.79 Å². The molecule has 29 heavy (non-hydrogen) atoms. The highest BCUT2D eigenvalue weighted by Gasteiger charge is 2.28. The number of likely N-dealkylation sites (tertiary alicyclic amines) is 1. The van der Waals surface area contributed by atoms with Gasteiger partial charge in [0.05, 0.1) is 34.0 Å². The Kier molecular flexibility index (Phi) is 6.58. The maximum absolute atomic E-state index is 13.1. The molecule has 2 heterocycles. The molecule has 1 aliphatic rings. The van der Waals surface area contributed by atoms with Crippen LogP contribution in [-0.2, 0) is 0 Å². The normalized spacial score (nSPS) is 14.3. The predicted octanol–water partition coefficient (Wildman–Crippen LogP) is 2.19. The van der Waals surface area contributed by atoms with E-state index >= 15 is 0 Å². The topological polar surface area (TPSA) is 92.2 Å². The summed E-state index contributed by atoms with van der Waals surface area (Å²) in [6.45, 7) is 1.12. The van der Waals surface area contributed by atoms with Crippen molar-refractivity contribution < 1.29 is 28.5 Å². The molecule has 156 valence electrons. The second kappa shape index (κ2) is 9.31. The number of nitrogens with zero attached hydrogens (tertiary/aromatic N) is 3. The van der Waals surface area contributed by atoms with Crippen molar-refractivity contribution in [3.05, 3.63) is 30.0 Å². The van der Waals surface area contributed by atoms with Gasteiger partial charge < -0.3 is 28.6 Å². The third-order valence-corrected chi connectivity index (χ3v) is 4.74. The fourth-order valence-electron chi connectivity index (χ4n) is 3.28. The van der Waals surface area contributed by atoms with Crippen molar-refractivity contribution in [2.75, 3.05) is 41.5 Å². The Morgan fingerprint density at radius 1 is 0.966 bits per heavy atom. The summed E-state index contributed by atoms with van der Waals surface area (Å²) in [5, 5.41) is 0. The molecule has 1 aromatic carbocycles. The first-order chi connectivity index (χ1) is 14.1. The van der Waals surface area contributed by atoms with Crippen LogP contribution in [0.15, 0.2) is 24.4 Å². The number of amides is 1. The largest absolute Gasteiger partial charge is 0.493 e. The Labute approximate surface area is 169 Å². The molecular formula is C20H25N3O6. The number of ether oxygens (including phenoxy) is 5. The zero-order valence-electron chi connectivity index (χ0n) is 17.0. The number of carbonyl (C=O) groups is 1. The van der Waals surface area contributed by atoms with E-state index in [1.165, 1.54) is 28.4 Å². The van der Waals surface area contributed by atoms with Gasteiger partial charge in [0, 0.05) is 38.2 Å².